The van der Waals surface area contributed by atoms with Gasteiger partial charge in [-0.3, -0.25) is 14.7 Å². The maximum atomic E-state index is 12.6. The number of aromatic nitrogens is 2. The topological polar surface area (TPSA) is 49.3 Å². The van der Waals surface area contributed by atoms with Crippen LogP contribution in [0.4, 0.5) is 0 Å². The average Bonchev–Trinajstić information content (AvgIpc) is 3.06. The number of nitrogens with zero attached hydrogens (tertiary/aromatic N) is 4. The molecular weight excluding hydrogens is 320 g/mol. The molecule has 2 aromatic heterocycles. The van der Waals surface area contributed by atoms with Crippen LogP contribution in [0.5, 0.6) is 0 Å². The van der Waals surface area contributed by atoms with Crippen molar-refractivity contribution in [1.29, 1.82) is 0 Å². The van der Waals surface area contributed by atoms with Gasteiger partial charge < -0.3 is 4.90 Å². The van der Waals surface area contributed by atoms with E-state index in [1.165, 1.54) is 5.56 Å². The van der Waals surface area contributed by atoms with Gasteiger partial charge in [0.2, 0.25) is 0 Å². The van der Waals surface area contributed by atoms with Gasteiger partial charge in [-0.2, -0.15) is 0 Å². The van der Waals surface area contributed by atoms with Crippen LogP contribution in [0, 0.1) is 6.92 Å². The van der Waals surface area contributed by atoms with Gasteiger partial charge in [0.15, 0.2) is 0 Å². The van der Waals surface area contributed by atoms with Crippen LogP contribution >= 0.6 is 11.3 Å². The predicted molar refractivity (Wildman–Crippen MR) is 96.3 cm³/mol. The van der Waals surface area contributed by atoms with Crippen molar-refractivity contribution < 1.29 is 4.79 Å². The molecule has 1 fully saturated rings. The van der Waals surface area contributed by atoms with E-state index in [-0.39, 0.29) is 5.91 Å². The molecule has 0 spiro atoms. The van der Waals surface area contributed by atoms with Gasteiger partial charge in [0, 0.05) is 44.3 Å². The Kier molecular flexibility index (Phi) is 5.58. The molecule has 5 nitrogen and oxygen atoms in total. The Morgan fingerprint density at radius 2 is 2.08 bits per heavy atom. The third kappa shape index (κ3) is 3.99. The summed E-state index contributed by atoms with van der Waals surface area (Å²) in [7, 11) is 0. The summed E-state index contributed by atoms with van der Waals surface area (Å²) < 4.78 is 0. The van der Waals surface area contributed by atoms with Gasteiger partial charge in [-0.25, -0.2) is 4.98 Å². The molecule has 0 radical (unpaired) electrons. The van der Waals surface area contributed by atoms with Gasteiger partial charge in [-0.05, 0) is 31.4 Å². The van der Waals surface area contributed by atoms with Crippen LogP contribution in [-0.4, -0.2) is 51.9 Å². The second kappa shape index (κ2) is 7.85. The number of hydrogen-bond donors (Lipinski definition) is 0. The Hall–Kier alpha value is -1.79. The Morgan fingerprint density at radius 3 is 2.79 bits per heavy atom. The first-order valence-electron chi connectivity index (χ1n) is 8.54. The Bertz CT molecular complexity index is 692. The monoisotopic (exact) mass is 344 g/mol. The number of carbonyl (C=O) groups excluding carboxylic acids is 1. The molecule has 128 valence electrons. The zero-order chi connectivity index (χ0) is 16.9. The third-order valence-electron chi connectivity index (χ3n) is 4.39. The fourth-order valence-corrected chi connectivity index (χ4v) is 3.78. The zero-order valence-electron chi connectivity index (χ0n) is 14.4. The predicted octanol–water partition coefficient (Wildman–Crippen LogP) is 2.76. The molecule has 1 amide bonds. The number of carbonyl (C=O) groups is 1. The molecule has 0 atom stereocenters. The zero-order valence-corrected chi connectivity index (χ0v) is 15.2. The first kappa shape index (κ1) is 17.0. The van der Waals surface area contributed by atoms with Crippen LogP contribution in [0.3, 0.4) is 0 Å². The molecule has 0 bridgehead atoms. The quantitative estimate of drug-likeness (QED) is 0.837. The van der Waals surface area contributed by atoms with Crippen molar-refractivity contribution in [2.24, 2.45) is 0 Å². The highest BCUT2D eigenvalue weighted by Crippen LogP contribution is 2.16. The molecule has 24 heavy (non-hydrogen) atoms. The van der Waals surface area contributed by atoms with E-state index in [0.717, 1.165) is 56.3 Å². The second-order valence-corrected chi connectivity index (χ2v) is 7.15. The number of hydrogen-bond acceptors (Lipinski definition) is 5. The SMILES string of the molecule is CCCc1nc(C(=O)N2CCN(Cc3ncccc3C)CC2)cs1. The molecule has 0 saturated carbocycles. The van der Waals surface area contributed by atoms with Crippen LogP contribution in [0.2, 0.25) is 0 Å². The molecule has 0 unspecified atom stereocenters. The van der Waals surface area contributed by atoms with Crippen molar-refractivity contribution in [3.05, 3.63) is 45.7 Å². The Balaban J connectivity index is 1.54. The summed E-state index contributed by atoms with van der Waals surface area (Å²) in [6.45, 7) is 8.35. The van der Waals surface area contributed by atoms with Crippen molar-refractivity contribution in [3.8, 4) is 0 Å². The van der Waals surface area contributed by atoms with E-state index in [1.807, 2.05) is 22.5 Å². The summed E-state index contributed by atoms with van der Waals surface area (Å²) in [5.41, 5.74) is 2.96. The smallest absolute Gasteiger partial charge is 0.273 e. The number of piperazine rings is 1. The number of amides is 1. The van der Waals surface area contributed by atoms with Crippen molar-refractivity contribution in [3.63, 3.8) is 0 Å². The summed E-state index contributed by atoms with van der Waals surface area (Å²) in [4.78, 5) is 25.8. The number of thiazole rings is 1. The summed E-state index contributed by atoms with van der Waals surface area (Å²) in [5.74, 6) is 0.0715. The molecule has 2 aromatic rings. The van der Waals surface area contributed by atoms with Crippen LogP contribution in [-0.2, 0) is 13.0 Å². The molecule has 6 heteroatoms. The van der Waals surface area contributed by atoms with Crippen molar-refractivity contribution in [1.82, 2.24) is 19.8 Å². The van der Waals surface area contributed by atoms with Gasteiger partial charge in [-0.15, -0.1) is 11.3 Å². The summed E-state index contributed by atoms with van der Waals surface area (Å²) in [6.07, 6.45) is 3.86. The lowest BCUT2D eigenvalue weighted by molar-refractivity contribution is 0.0621. The van der Waals surface area contributed by atoms with Gasteiger partial charge in [0.1, 0.15) is 5.69 Å². The van der Waals surface area contributed by atoms with Gasteiger partial charge in [0.25, 0.3) is 5.91 Å². The fourth-order valence-electron chi connectivity index (χ4n) is 2.90. The van der Waals surface area contributed by atoms with Gasteiger partial charge in [0.05, 0.1) is 10.7 Å². The summed E-state index contributed by atoms with van der Waals surface area (Å²) in [6, 6.07) is 4.06. The molecule has 1 aliphatic heterocycles. The molecule has 0 aliphatic carbocycles. The fraction of sp³-hybridized carbons (Fsp3) is 0.500. The minimum atomic E-state index is 0.0715. The number of rotatable bonds is 5. The summed E-state index contributed by atoms with van der Waals surface area (Å²) in [5, 5.41) is 2.96. The molecule has 3 heterocycles. The van der Waals surface area contributed by atoms with E-state index >= 15 is 0 Å². The lowest BCUT2D eigenvalue weighted by Crippen LogP contribution is -2.48. The molecule has 3 rings (SSSR count). The maximum absolute atomic E-state index is 12.6. The van der Waals surface area contributed by atoms with E-state index in [2.05, 4.69) is 34.8 Å². The van der Waals surface area contributed by atoms with Crippen LogP contribution < -0.4 is 0 Å². The standard InChI is InChI=1S/C18H24N4OS/c1-3-5-17-20-16(13-24-17)18(23)22-10-8-21(9-11-22)12-15-14(2)6-4-7-19-15/h4,6-7,13H,3,5,8-12H2,1-2H3. The van der Waals surface area contributed by atoms with E-state index in [1.54, 1.807) is 11.3 Å². The minimum Gasteiger partial charge on any atom is -0.335 e. The van der Waals surface area contributed by atoms with Crippen LogP contribution in [0.1, 0.15) is 40.1 Å². The second-order valence-electron chi connectivity index (χ2n) is 6.21. The van der Waals surface area contributed by atoms with Crippen LogP contribution in [0.25, 0.3) is 0 Å². The van der Waals surface area contributed by atoms with E-state index in [4.69, 9.17) is 0 Å². The Morgan fingerprint density at radius 1 is 1.29 bits per heavy atom. The van der Waals surface area contributed by atoms with E-state index < -0.39 is 0 Å². The lowest BCUT2D eigenvalue weighted by Gasteiger charge is -2.34. The molecular formula is C18H24N4OS. The first-order chi connectivity index (χ1) is 11.7. The van der Waals surface area contributed by atoms with Gasteiger partial charge in [-0.1, -0.05) is 13.0 Å². The van der Waals surface area contributed by atoms with Crippen molar-refractivity contribution in [2.75, 3.05) is 26.2 Å². The highest BCUT2D eigenvalue weighted by molar-refractivity contribution is 7.09. The molecule has 0 aromatic carbocycles. The highest BCUT2D eigenvalue weighted by atomic mass is 32.1. The first-order valence-corrected chi connectivity index (χ1v) is 9.42. The number of aryl methyl sites for hydroxylation is 2. The largest absolute Gasteiger partial charge is 0.335 e. The maximum Gasteiger partial charge on any atom is 0.273 e. The van der Waals surface area contributed by atoms with Crippen molar-refractivity contribution in [2.45, 2.75) is 33.2 Å². The normalized spacial score (nSPS) is 15.7. The van der Waals surface area contributed by atoms with E-state index in [9.17, 15) is 4.79 Å². The third-order valence-corrected chi connectivity index (χ3v) is 5.29. The Labute approximate surface area is 147 Å². The average molecular weight is 344 g/mol. The number of pyridine rings is 1. The van der Waals surface area contributed by atoms with Crippen molar-refractivity contribution >= 4 is 17.2 Å². The van der Waals surface area contributed by atoms with E-state index in [0.29, 0.717) is 5.69 Å². The van der Waals surface area contributed by atoms with Crippen LogP contribution in [0.15, 0.2) is 23.7 Å². The highest BCUT2D eigenvalue weighted by Gasteiger charge is 2.24. The molecule has 1 aliphatic rings. The molecule has 1 saturated heterocycles. The lowest BCUT2D eigenvalue weighted by atomic mass is 10.2. The van der Waals surface area contributed by atoms with Gasteiger partial charge >= 0.3 is 0 Å². The molecule has 0 N–H and O–H groups in total. The summed E-state index contributed by atoms with van der Waals surface area (Å²) >= 11 is 1.59. The minimum absolute atomic E-state index is 0.0715.